The average Bonchev–Trinajstić information content (AvgIpc) is 3.24. The van der Waals surface area contributed by atoms with E-state index in [0.717, 1.165) is 10.9 Å². The zero-order valence-electron chi connectivity index (χ0n) is 15.7. The fourth-order valence-corrected chi connectivity index (χ4v) is 3.30. The number of carbonyl (C=O) groups excluding carboxylic acids is 1. The zero-order valence-corrected chi connectivity index (χ0v) is 15.7. The minimum absolute atomic E-state index is 0.0116. The number of rotatable bonds is 4. The van der Waals surface area contributed by atoms with E-state index in [1.54, 1.807) is 6.07 Å². The van der Waals surface area contributed by atoms with Crippen LogP contribution in [0.5, 0.6) is 0 Å². The third-order valence-electron chi connectivity index (χ3n) is 4.61. The number of carbonyl (C=O) groups is 1. The van der Waals surface area contributed by atoms with Crippen molar-refractivity contribution in [3.8, 4) is 0 Å². The fraction of sp³-hybridized carbons (Fsp3) is 0.412. The summed E-state index contributed by atoms with van der Waals surface area (Å²) in [6.07, 6.45) is -2.89. The topological polar surface area (TPSA) is 101 Å². The van der Waals surface area contributed by atoms with Crippen LogP contribution in [0.2, 0.25) is 0 Å². The van der Waals surface area contributed by atoms with Crippen molar-refractivity contribution in [1.29, 1.82) is 0 Å². The molecule has 0 radical (unpaired) electrons. The van der Waals surface area contributed by atoms with Crippen LogP contribution in [-0.4, -0.2) is 55.6 Å². The van der Waals surface area contributed by atoms with E-state index in [2.05, 4.69) is 31.1 Å². The highest BCUT2D eigenvalue weighted by Gasteiger charge is 2.37. The molecule has 0 bridgehead atoms. The molecule has 3 aromatic heterocycles. The van der Waals surface area contributed by atoms with Crippen molar-refractivity contribution in [2.75, 3.05) is 23.7 Å². The summed E-state index contributed by atoms with van der Waals surface area (Å²) in [6.45, 7) is 0.816. The number of nitrogens with zero attached hydrogens (tertiary/aromatic N) is 5. The maximum absolute atomic E-state index is 13.5. The SMILES string of the molecule is Cn1cc(NC(=O)c2ccc3cnc(N[C@@H]4CNC[C@H](F)C4)nn23)c(C(F)(F)F)n1. The van der Waals surface area contributed by atoms with Gasteiger partial charge in [0.25, 0.3) is 5.91 Å². The highest BCUT2D eigenvalue weighted by atomic mass is 19.4. The lowest BCUT2D eigenvalue weighted by Crippen LogP contribution is -2.44. The van der Waals surface area contributed by atoms with Crippen LogP contribution in [0, 0.1) is 0 Å². The smallest absolute Gasteiger partial charge is 0.349 e. The Morgan fingerprint density at radius 3 is 2.80 bits per heavy atom. The van der Waals surface area contributed by atoms with Crippen molar-refractivity contribution in [1.82, 2.24) is 29.7 Å². The molecule has 0 aliphatic carbocycles. The molecular weight excluding hydrogens is 408 g/mol. The number of anilines is 2. The van der Waals surface area contributed by atoms with Gasteiger partial charge in [0, 0.05) is 38.8 Å². The van der Waals surface area contributed by atoms with Gasteiger partial charge in [-0.1, -0.05) is 0 Å². The van der Waals surface area contributed by atoms with Crippen LogP contribution in [0.25, 0.3) is 5.52 Å². The number of alkyl halides is 4. The van der Waals surface area contributed by atoms with Crippen molar-refractivity contribution in [2.24, 2.45) is 7.05 Å². The van der Waals surface area contributed by atoms with Gasteiger partial charge in [-0.3, -0.25) is 9.48 Å². The molecule has 160 valence electrons. The molecule has 3 aromatic rings. The van der Waals surface area contributed by atoms with Crippen molar-refractivity contribution in [3.63, 3.8) is 0 Å². The molecule has 1 saturated heterocycles. The number of aromatic nitrogens is 5. The second-order valence-electron chi connectivity index (χ2n) is 6.99. The molecular formula is C17H18F4N8O. The second-order valence-corrected chi connectivity index (χ2v) is 6.99. The van der Waals surface area contributed by atoms with Gasteiger partial charge < -0.3 is 16.0 Å². The first-order valence-electron chi connectivity index (χ1n) is 9.09. The Labute approximate surface area is 167 Å². The number of hydrogen-bond donors (Lipinski definition) is 3. The summed E-state index contributed by atoms with van der Waals surface area (Å²) in [5.41, 5.74) is -1.17. The quantitative estimate of drug-likeness (QED) is 0.551. The van der Waals surface area contributed by atoms with Crippen LogP contribution in [0.3, 0.4) is 0 Å². The molecule has 1 aliphatic rings. The number of halogens is 4. The van der Waals surface area contributed by atoms with Gasteiger partial charge in [0.2, 0.25) is 5.95 Å². The normalized spacial score (nSPS) is 19.8. The van der Waals surface area contributed by atoms with Gasteiger partial charge in [0.1, 0.15) is 11.9 Å². The van der Waals surface area contributed by atoms with Crippen LogP contribution in [0.4, 0.5) is 29.2 Å². The predicted octanol–water partition coefficient (Wildman–Crippen LogP) is 1.85. The van der Waals surface area contributed by atoms with Gasteiger partial charge in [-0.05, 0) is 12.1 Å². The molecule has 0 spiro atoms. The lowest BCUT2D eigenvalue weighted by molar-refractivity contribution is -0.140. The summed E-state index contributed by atoms with van der Waals surface area (Å²) in [6, 6.07) is 2.75. The number of nitrogens with one attached hydrogen (secondary N) is 3. The molecule has 3 N–H and O–H groups in total. The number of aryl methyl sites for hydroxylation is 1. The van der Waals surface area contributed by atoms with Crippen LogP contribution in [0.15, 0.2) is 24.5 Å². The van der Waals surface area contributed by atoms with Gasteiger partial charge in [-0.25, -0.2) is 13.9 Å². The Balaban J connectivity index is 1.58. The van der Waals surface area contributed by atoms with E-state index in [1.807, 2.05) is 0 Å². The van der Waals surface area contributed by atoms with Crippen LogP contribution in [-0.2, 0) is 13.2 Å². The molecule has 1 fully saturated rings. The highest BCUT2D eigenvalue weighted by molar-refractivity contribution is 6.04. The lowest BCUT2D eigenvalue weighted by Gasteiger charge is -2.26. The van der Waals surface area contributed by atoms with Crippen molar-refractivity contribution in [3.05, 3.63) is 35.9 Å². The minimum Gasteiger partial charge on any atom is -0.349 e. The molecule has 30 heavy (non-hydrogen) atoms. The van der Waals surface area contributed by atoms with Crippen LogP contribution < -0.4 is 16.0 Å². The van der Waals surface area contributed by atoms with Crippen molar-refractivity contribution >= 4 is 23.1 Å². The Hall–Kier alpha value is -3.22. The summed E-state index contributed by atoms with van der Waals surface area (Å²) in [7, 11) is 1.32. The van der Waals surface area contributed by atoms with Crippen LogP contribution in [0.1, 0.15) is 22.6 Å². The fourth-order valence-electron chi connectivity index (χ4n) is 3.30. The molecule has 13 heteroatoms. The minimum atomic E-state index is -4.72. The van der Waals surface area contributed by atoms with Gasteiger partial charge in [0.15, 0.2) is 5.69 Å². The Kier molecular flexibility index (Phi) is 5.05. The maximum atomic E-state index is 13.5. The van der Waals surface area contributed by atoms with E-state index in [9.17, 15) is 22.4 Å². The molecule has 0 aromatic carbocycles. The molecule has 0 saturated carbocycles. The monoisotopic (exact) mass is 426 g/mol. The van der Waals surface area contributed by atoms with Gasteiger partial charge >= 0.3 is 6.18 Å². The third kappa shape index (κ3) is 4.06. The first-order valence-corrected chi connectivity index (χ1v) is 9.09. The van der Waals surface area contributed by atoms with E-state index in [1.165, 1.54) is 23.8 Å². The number of fused-ring (bicyclic) bond motifs is 1. The first kappa shape index (κ1) is 20.1. The van der Waals surface area contributed by atoms with Crippen molar-refractivity contribution < 1.29 is 22.4 Å². The van der Waals surface area contributed by atoms with E-state index < -0.39 is 29.6 Å². The standard InChI is InChI=1S/C17H18F4N8O/c1-28-8-12(14(26-28)17(19,20)21)25-15(30)13-3-2-11-7-23-16(27-29(11)13)24-10-4-9(18)5-22-6-10/h2-3,7-10,22H,4-6H2,1H3,(H,24,27)(H,25,30)/t9-,10+/m1/s1. The first-order chi connectivity index (χ1) is 14.2. The second kappa shape index (κ2) is 7.55. The van der Waals surface area contributed by atoms with Gasteiger partial charge in [-0.15, -0.1) is 5.10 Å². The summed E-state index contributed by atoms with van der Waals surface area (Å²) >= 11 is 0. The Morgan fingerprint density at radius 2 is 2.07 bits per heavy atom. The molecule has 9 nitrogen and oxygen atoms in total. The van der Waals surface area contributed by atoms with E-state index >= 15 is 0 Å². The Bertz CT molecular complexity index is 1080. The summed E-state index contributed by atoms with van der Waals surface area (Å²) < 4.78 is 55.1. The maximum Gasteiger partial charge on any atom is 0.437 e. The zero-order chi connectivity index (χ0) is 21.5. The van der Waals surface area contributed by atoms with E-state index in [4.69, 9.17) is 0 Å². The highest BCUT2D eigenvalue weighted by Crippen LogP contribution is 2.33. The Morgan fingerprint density at radius 1 is 1.27 bits per heavy atom. The number of amides is 1. The van der Waals surface area contributed by atoms with E-state index in [-0.39, 0.29) is 30.6 Å². The number of hydrogen-bond acceptors (Lipinski definition) is 6. The molecule has 2 atom stereocenters. The largest absolute Gasteiger partial charge is 0.437 e. The van der Waals surface area contributed by atoms with Gasteiger partial charge in [0.05, 0.1) is 17.4 Å². The number of piperidine rings is 1. The van der Waals surface area contributed by atoms with Gasteiger partial charge in [-0.2, -0.15) is 18.3 Å². The molecule has 4 heterocycles. The summed E-state index contributed by atoms with van der Waals surface area (Å²) in [4.78, 5) is 16.8. The molecule has 4 rings (SSSR count). The average molecular weight is 426 g/mol. The lowest BCUT2D eigenvalue weighted by atomic mass is 10.1. The molecule has 1 amide bonds. The van der Waals surface area contributed by atoms with Crippen LogP contribution >= 0.6 is 0 Å². The third-order valence-corrected chi connectivity index (χ3v) is 4.61. The predicted molar refractivity (Wildman–Crippen MR) is 98.9 cm³/mol. The summed E-state index contributed by atoms with van der Waals surface area (Å²) in [5.74, 6) is -0.618. The van der Waals surface area contributed by atoms with E-state index in [0.29, 0.717) is 12.1 Å². The van der Waals surface area contributed by atoms with Crippen molar-refractivity contribution in [2.45, 2.75) is 24.8 Å². The molecule has 1 aliphatic heterocycles. The molecule has 0 unspecified atom stereocenters. The summed E-state index contributed by atoms with van der Waals surface area (Å²) in [5, 5.41) is 15.8.